The maximum Gasteiger partial charge on any atom is 0.269 e. The van der Waals surface area contributed by atoms with Crippen LogP contribution >= 0.6 is 11.6 Å². The molecule has 2 amide bonds. The summed E-state index contributed by atoms with van der Waals surface area (Å²) in [5, 5.41) is 8.03. The molecule has 9 heteroatoms. The maximum absolute atomic E-state index is 13.4. The fraction of sp³-hybridized carbons (Fsp3) is 0.233. The Morgan fingerprint density at radius 2 is 1.69 bits per heavy atom. The van der Waals surface area contributed by atoms with Gasteiger partial charge in [-0.1, -0.05) is 35.9 Å². The van der Waals surface area contributed by atoms with Crippen molar-refractivity contribution in [3.8, 4) is 16.9 Å². The summed E-state index contributed by atoms with van der Waals surface area (Å²) >= 11 is 6.48. The van der Waals surface area contributed by atoms with Crippen LogP contribution in [0.5, 0.6) is 0 Å². The van der Waals surface area contributed by atoms with E-state index in [9.17, 15) is 9.59 Å². The Morgan fingerprint density at radius 1 is 0.923 bits per heavy atom. The minimum atomic E-state index is -0.552. The molecular weight excluding hydrogens is 512 g/mol. The number of hydrogen-bond donors (Lipinski definition) is 2. The van der Waals surface area contributed by atoms with E-state index in [-0.39, 0.29) is 11.6 Å². The van der Waals surface area contributed by atoms with Gasteiger partial charge in [0.25, 0.3) is 11.8 Å². The average molecular weight is 541 g/mol. The molecular formula is C30H29ClN6O2. The van der Waals surface area contributed by atoms with E-state index in [0.29, 0.717) is 22.7 Å². The van der Waals surface area contributed by atoms with Crippen LogP contribution < -0.4 is 16.0 Å². The number of nitrogens with two attached hydrogens (primary N) is 1. The number of hydrogen-bond acceptors (Lipinski definition) is 5. The number of nitrogens with zero attached hydrogens (tertiary/aromatic N) is 4. The van der Waals surface area contributed by atoms with Gasteiger partial charge in [-0.3, -0.25) is 9.59 Å². The Balaban J connectivity index is 1.34. The second-order valence-electron chi connectivity index (χ2n) is 10.1. The summed E-state index contributed by atoms with van der Waals surface area (Å²) in [5.41, 5.74) is 12.5. The molecule has 0 spiro atoms. The van der Waals surface area contributed by atoms with Crippen LogP contribution in [0.2, 0.25) is 5.02 Å². The molecule has 3 aromatic carbocycles. The lowest BCUT2D eigenvalue weighted by atomic mass is 9.88. The Kier molecular flexibility index (Phi) is 6.58. The molecule has 1 aliphatic heterocycles. The van der Waals surface area contributed by atoms with Crippen molar-refractivity contribution in [3.63, 3.8) is 0 Å². The number of benzene rings is 3. The molecule has 198 valence electrons. The number of para-hydroxylation sites is 1. The third-order valence-corrected chi connectivity index (χ3v) is 7.88. The van der Waals surface area contributed by atoms with Gasteiger partial charge >= 0.3 is 0 Å². The van der Waals surface area contributed by atoms with Crippen molar-refractivity contribution in [2.45, 2.75) is 12.8 Å². The van der Waals surface area contributed by atoms with Crippen molar-refractivity contribution >= 4 is 34.8 Å². The van der Waals surface area contributed by atoms with Gasteiger partial charge in [0.1, 0.15) is 0 Å². The number of rotatable bonds is 5. The quantitative estimate of drug-likeness (QED) is 0.391. The van der Waals surface area contributed by atoms with Gasteiger partial charge in [-0.05, 0) is 67.9 Å². The lowest BCUT2D eigenvalue weighted by molar-refractivity contribution is 0.0992. The molecule has 0 bridgehead atoms. The van der Waals surface area contributed by atoms with Crippen LogP contribution in [-0.4, -0.2) is 59.7 Å². The van der Waals surface area contributed by atoms with Crippen molar-refractivity contribution in [1.82, 2.24) is 14.7 Å². The van der Waals surface area contributed by atoms with Gasteiger partial charge in [-0.25, -0.2) is 4.68 Å². The molecule has 8 nitrogen and oxygen atoms in total. The first-order valence-electron chi connectivity index (χ1n) is 13.0. The van der Waals surface area contributed by atoms with Crippen LogP contribution in [0, 0.1) is 0 Å². The Hall–Kier alpha value is -4.14. The summed E-state index contributed by atoms with van der Waals surface area (Å²) in [6.45, 7) is 3.74. The molecule has 0 saturated carbocycles. The smallest absolute Gasteiger partial charge is 0.269 e. The van der Waals surface area contributed by atoms with Crippen LogP contribution in [-0.2, 0) is 12.8 Å². The minimum absolute atomic E-state index is 0.277. The van der Waals surface area contributed by atoms with E-state index in [1.54, 1.807) is 10.7 Å². The second kappa shape index (κ2) is 10.2. The number of aryl methyl sites for hydroxylation is 1. The van der Waals surface area contributed by atoms with E-state index in [4.69, 9.17) is 17.3 Å². The molecule has 4 aromatic rings. The van der Waals surface area contributed by atoms with Gasteiger partial charge < -0.3 is 20.9 Å². The summed E-state index contributed by atoms with van der Waals surface area (Å²) in [6.07, 6.45) is 1.41. The van der Waals surface area contributed by atoms with E-state index < -0.39 is 5.91 Å². The van der Waals surface area contributed by atoms with Gasteiger partial charge in [0.05, 0.1) is 22.0 Å². The first kappa shape index (κ1) is 25.2. The van der Waals surface area contributed by atoms with Gasteiger partial charge in [0.2, 0.25) is 0 Å². The maximum atomic E-state index is 13.4. The molecule has 2 aliphatic rings. The fourth-order valence-corrected chi connectivity index (χ4v) is 5.62. The average Bonchev–Trinajstić information content (AvgIpc) is 3.35. The van der Waals surface area contributed by atoms with Crippen molar-refractivity contribution in [1.29, 1.82) is 0 Å². The zero-order chi connectivity index (χ0) is 27.1. The molecule has 0 unspecified atom stereocenters. The third kappa shape index (κ3) is 4.77. The summed E-state index contributed by atoms with van der Waals surface area (Å²) < 4.78 is 1.77. The monoisotopic (exact) mass is 540 g/mol. The van der Waals surface area contributed by atoms with Crippen LogP contribution in [0.15, 0.2) is 66.7 Å². The van der Waals surface area contributed by atoms with Crippen molar-refractivity contribution in [2.75, 3.05) is 43.4 Å². The molecule has 1 aromatic heterocycles. The number of primary amides is 1. The standard InChI is InChI=1S/C30H29ClN6O2/c1-35-13-15-36(16-14-35)22-10-12-26(31)25(18-22)30(39)33-20-9-7-19-8-11-23-27(29(32)38)34-37(28(23)24(19)17-20)21-5-3-2-4-6-21/h2-7,9-10,12,17-18H,8,11,13-16H2,1H3,(H2,32,38)(H,33,39). The fourth-order valence-electron chi connectivity index (χ4n) is 5.42. The number of amides is 2. The number of carbonyl (C=O) groups excluding carboxylic acids is 2. The highest BCUT2D eigenvalue weighted by Crippen LogP contribution is 2.38. The number of piperazine rings is 1. The predicted molar refractivity (Wildman–Crippen MR) is 154 cm³/mol. The Labute approximate surface area is 232 Å². The highest BCUT2D eigenvalue weighted by atomic mass is 35.5. The zero-order valence-electron chi connectivity index (χ0n) is 21.7. The van der Waals surface area contributed by atoms with Crippen molar-refractivity contribution in [3.05, 3.63) is 94.1 Å². The molecule has 2 heterocycles. The molecule has 1 aliphatic carbocycles. The van der Waals surface area contributed by atoms with Crippen molar-refractivity contribution < 1.29 is 9.59 Å². The van der Waals surface area contributed by atoms with Crippen LogP contribution in [0.25, 0.3) is 16.9 Å². The SMILES string of the molecule is CN1CCN(c2ccc(Cl)c(C(=O)Nc3ccc4c(c3)-c3c(c(C(N)=O)nn3-c3ccccc3)CC4)c2)CC1. The molecule has 39 heavy (non-hydrogen) atoms. The van der Waals surface area contributed by atoms with E-state index in [1.807, 2.05) is 60.7 Å². The van der Waals surface area contributed by atoms with Gasteiger partial charge in [-0.15, -0.1) is 0 Å². The number of likely N-dealkylation sites (N-methyl/N-ethyl adjacent to an activating group) is 1. The largest absolute Gasteiger partial charge is 0.369 e. The number of fused-ring (bicyclic) bond motifs is 3. The summed E-state index contributed by atoms with van der Waals surface area (Å²) in [5.74, 6) is -0.829. The normalized spacial score (nSPS) is 15.0. The van der Waals surface area contributed by atoms with E-state index in [2.05, 4.69) is 27.3 Å². The first-order chi connectivity index (χ1) is 18.9. The molecule has 0 atom stereocenters. The Bertz CT molecular complexity index is 1570. The van der Waals surface area contributed by atoms with Crippen molar-refractivity contribution in [2.24, 2.45) is 5.73 Å². The van der Waals surface area contributed by atoms with Gasteiger partial charge in [0.15, 0.2) is 5.69 Å². The van der Waals surface area contributed by atoms with Crippen LogP contribution in [0.4, 0.5) is 11.4 Å². The van der Waals surface area contributed by atoms with E-state index in [0.717, 1.165) is 66.4 Å². The molecule has 3 N–H and O–H groups in total. The Morgan fingerprint density at radius 3 is 2.44 bits per heavy atom. The number of nitrogens with one attached hydrogen (secondary N) is 1. The van der Waals surface area contributed by atoms with E-state index in [1.165, 1.54) is 0 Å². The highest BCUT2D eigenvalue weighted by Gasteiger charge is 2.28. The number of carbonyl (C=O) groups is 2. The van der Waals surface area contributed by atoms with Gasteiger partial charge in [-0.2, -0.15) is 5.10 Å². The zero-order valence-corrected chi connectivity index (χ0v) is 22.4. The minimum Gasteiger partial charge on any atom is -0.369 e. The predicted octanol–water partition coefficient (Wildman–Crippen LogP) is 4.39. The number of halogens is 1. The van der Waals surface area contributed by atoms with Crippen LogP contribution in [0.3, 0.4) is 0 Å². The summed E-state index contributed by atoms with van der Waals surface area (Å²) in [6, 6.07) is 21.1. The summed E-state index contributed by atoms with van der Waals surface area (Å²) in [7, 11) is 2.11. The number of aromatic nitrogens is 2. The molecule has 1 saturated heterocycles. The lowest BCUT2D eigenvalue weighted by Gasteiger charge is -2.34. The number of anilines is 2. The first-order valence-corrected chi connectivity index (χ1v) is 13.4. The third-order valence-electron chi connectivity index (χ3n) is 7.55. The van der Waals surface area contributed by atoms with Gasteiger partial charge in [0, 0.05) is 48.7 Å². The van der Waals surface area contributed by atoms with Crippen LogP contribution in [0.1, 0.15) is 32.0 Å². The lowest BCUT2D eigenvalue weighted by Crippen LogP contribution is -2.44. The molecule has 6 rings (SSSR count). The second-order valence-corrected chi connectivity index (χ2v) is 10.5. The summed E-state index contributed by atoms with van der Waals surface area (Å²) in [4.78, 5) is 30.2. The molecule has 1 fully saturated rings. The van der Waals surface area contributed by atoms with E-state index >= 15 is 0 Å². The molecule has 0 radical (unpaired) electrons. The highest BCUT2D eigenvalue weighted by molar-refractivity contribution is 6.34. The topological polar surface area (TPSA) is 96.5 Å².